The van der Waals surface area contributed by atoms with E-state index in [2.05, 4.69) is 4.98 Å². The molecule has 0 aliphatic carbocycles. The third-order valence-corrected chi connectivity index (χ3v) is 6.32. The van der Waals surface area contributed by atoms with E-state index in [0.717, 1.165) is 4.31 Å². The number of Topliss-reactive ketones (excluding diaryl/α,β-unsaturated/α-hetero) is 1. The Balaban J connectivity index is 1.93. The Morgan fingerprint density at radius 3 is 2.39 bits per heavy atom. The Labute approximate surface area is 162 Å². The summed E-state index contributed by atoms with van der Waals surface area (Å²) in [7, 11) is -3.95. The summed E-state index contributed by atoms with van der Waals surface area (Å²) < 4.78 is 27.7. The van der Waals surface area contributed by atoms with Crippen molar-refractivity contribution in [2.75, 3.05) is 0 Å². The van der Waals surface area contributed by atoms with Crippen LogP contribution < -0.4 is 0 Å². The van der Waals surface area contributed by atoms with Gasteiger partial charge in [0.2, 0.25) is 5.78 Å². The molecular weight excluding hydrogens is 376 g/mol. The van der Waals surface area contributed by atoms with Gasteiger partial charge >= 0.3 is 0 Å². The number of aromatic nitrogens is 1. The molecule has 1 N–H and O–H groups in total. The lowest BCUT2D eigenvalue weighted by Crippen LogP contribution is -2.38. The predicted octanol–water partition coefficient (Wildman–Crippen LogP) is 3.22. The zero-order valence-electron chi connectivity index (χ0n) is 14.7. The van der Waals surface area contributed by atoms with E-state index in [1.165, 1.54) is 24.3 Å². The zero-order valence-corrected chi connectivity index (χ0v) is 15.5. The van der Waals surface area contributed by atoms with Crippen LogP contribution in [0.1, 0.15) is 21.5 Å². The van der Waals surface area contributed by atoms with Crippen molar-refractivity contribution in [3.05, 3.63) is 95.4 Å². The summed E-state index contributed by atoms with van der Waals surface area (Å²) in [5, 5.41) is 10.1. The molecule has 28 heavy (non-hydrogen) atoms. The lowest BCUT2D eigenvalue weighted by Gasteiger charge is -2.31. The van der Waals surface area contributed by atoms with Crippen molar-refractivity contribution in [3.8, 4) is 5.75 Å². The van der Waals surface area contributed by atoms with Gasteiger partial charge in [0.1, 0.15) is 11.4 Å². The standard InChI is InChI=1S/C21H16N2O4S/c24-19-7-3-1-5-16(19)13-18-21(25)17-6-2-4-8-20(17)28(26,27)23(18)14-15-9-11-22-12-10-15/h1-13,24H,14H2/b18-13-. The highest BCUT2D eigenvalue weighted by molar-refractivity contribution is 7.89. The Kier molecular flexibility index (Phi) is 4.44. The fourth-order valence-electron chi connectivity index (χ4n) is 3.10. The molecule has 0 saturated carbocycles. The quantitative estimate of drug-likeness (QED) is 0.692. The number of hydrogen-bond donors (Lipinski definition) is 1. The highest BCUT2D eigenvalue weighted by atomic mass is 32.2. The average Bonchev–Trinajstić information content (AvgIpc) is 2.71. The second-order valence-electron chi connectivity index (χ2n) is 6.28. The molecule has 0 atom stereocenters. The molecule has 0 fully saturated rings. The van der Waals surface area contributed by atoms with Gasteiger partial charge in [0.15, 0.2) is 0 Å². The fourth-order valence-corrected chi connectivity index (χ4v) is 4.74. The van der Waals surface area contributed by atoms with Crippen LogP contribution in [0, 0.1) is 0 Å². The third kappa shape index (κ3) is 3.05. The molecule has 7 heteroatoms. The average molecular weight is 392 g/mol. The number of allylic oxidation sites excluding steroid dienone is 1. The van der Waals surface area contributed by atoms with Crippen molar-refractivity contribution in [2.45, 2.75) is 11.4 Å². The van der Waals surface area contributed by atoms with Gasteiger partial charge in [-0.2, -0.15) is 0 Å². The van der Waals surface area contributed by atoms with Crippen molar-refractivity contribution in [1.82, 2.24) is 9.29 Å². The number of phenolic OH excluding ortho intramolecular Hbond substituents is 1. The number of rotatable bonds is 3. The third-order valence-electron chi connectivity index (χ3n) is 4.51. The van der Waals surface area contributed by atoms with Crippen LogP contribution in [-0.4, -0.2) is 28.6 Å². The Bertz CT molecular complexity index is 1190. The van der Waals surface area contributed by atoms with Gasteiger partial charge in [-0.15, -0.1) is 0 Å². The summed E-state index contributed by atoms with van der Waals surface area (Å²) in [5.41, 5.74) is 1.15. The lowest BCUT2D eigenvalue weighted by molar-refractivity contribution is 0.100. The minimum Gasteiger partial charge on any atom is -0.507 e. The second-order valence-corrected chi connectivity index (χ2v) is 8.11. The normalized spacial score (nSPS) is 16.8. The van der Waals surface area contributed by atoms with E-state index in [-0.39, 0.29) is 28.5 Å². The molecule has 4 rings (SSSR count). The van der Waals surface area contributed by atoms with Gasteiger partial charge in [-0.3, -0.25) is 14.1 Å². The molecule has 0 spiro atoms. The number of carbonyl (C=O) groups excluding carboxylic acids is 1. The van der Waals surface area contributed by atoms with Crippen LogP contribution in [0.5, 0.6) is 5.75 Å². The first-order valence-corrected chi connectivity index (χ1v) is 9.97. The van der Waals surface area contributed by atoms with Crippen molar-refractivity contribution in [1.29, 1.82) is 0 Å². The number of ketones is 1. The van der Waals surface area contributed by atoms with Crippen LogP contribution in [0.25, 0.3) is 6.08 Å². The molecule has 3 aromatic rings. The van der Waals surface area contributed by atoms with Gasteiger partial charge < -0.3 is 5.11 Å². The van der Waals surface area contributed by atoms with Crippen LogP contribution in [0.15, 0.2) is 83.6 Å². The highest BCUT2D eigenvalue weighted by Crippen LogP contribution is 2.35. The summed E-state index contributed by atoms with van der Waals surface area (Å²) >= 11 is 0. The molecule has 1 aliphatic heterocycles. The van der Waals surface area contributed by atoms with E-state index in [9.17, 15) is 18.3 Å². The number of benzene rings is 2. The van der Waals surface area contributed by atoms with Gasteiger partial charge in [0.05, 0.1) is 11.4 Å². The van der Waals surface area contributed by atoms with Gasteiger partial charge in [0.25, 0.3) is 10.0 Å². The van der Waals surface area contributed by atoms with E-state index in [4.69, 9.17) is 0 Å². The summed E-state index contributed by atoms with van der Waals surface area (Å²) in [6.45, 7) is -0.0235. The van der Waals surface area contributed by atoms with E-state index < -0.39 is 15.8 Å². The number of para-hydroxylation sites is 1. The molecule has 2 aromatic carbocycles. The van der Waals surface area contributed by atoms with Crippen molar-refractivity contribution in [2.24, 2.45) is 0 Å². The van der Waals surface area contributed by atoms with Crippen LogP contribution in [0.4, 0.5) is 0 Å². The number of phenols is 1. The van der Waals surface area contributed by atoms with Crippen molar-refractivity contribution in [3.63, 3.8) is 0 Å². The molecule has 0 bridgehead atoms. The summed E-state index contributed by atoms with van der Waals surface area (Å²) in [6.07, 6.45) is 4.54. The SMILES string of the molecule is O=C1/C(=C/c2ccccc2O)N(Cc2ccncc2)S(=O)(=O)c2ccccc21. The number of aromatic hydroxyl groups is 1. The van der Waals surface area contributed by atoms with Crippen molar-refractivity contribution >= 4 is 21.9 Å². The fraction of sp³-hybridized carbons (Fsp3) is 0.0476. The highest BCUT2D eigenvalue weighted by Gasteiger charge is 2.39. The van der Waals surface area contributed by atoms with E-state index in [1.54, 1.807) is 54.9 Å². The Morgan fingerprint density at radius 2 is 1.64 bits per heavy atom. The lowest BCUT2D eigenvalue weighted by atomic mass is 10.0. The van der Waals surface area contributed by atoms with Gasteiger partial charge in [-0.05, 0) is 42.0 Å². The van der Waals surface area contributed by atoms with Gasteiger partial charge in [0, 0.05) is 23.5 Å². The number of hydrogen-bond acceptors (Lipinski definition) is 5. The molecule has 6 nitrogen and oxygen atoms in total. The maximum atomic E-state index is 13.3. The molecule has 0 saturated heterocycles. The van der Waals surface area contributed by atoms with Gasteiger partial charge in [-0.25, -0.2) is 8.42 Å². The first-order chi connectivity index (χ1) is 13.5. The molecule has 140 valence electrons. The van der Waals surface area contributed by atoms with Gasteiger partial charge in [-0.1, -0.05) is 30.3 Å². The van der Waals surface area contributed by atoms with E-state index in [1.807, 2.05) is 0 Å². The number of sulfonamides is 1. The summed E-state index contributed by atoms with van der Waals surface area (Å²) in [4.78, 5) is 17.1. The molecule has 1 aromatic heterocycles. The molecular formula is C21H16N2O4S. The maximum Gasteiger partial charge on any atom is 0.265 e. The molecule has 0 radical (unpaired) electrons. The first-order valence-electron chi connectivity index (χ1n) is 8.53. The first kappa shape index (κ1) is 17.9. The van der Waals surface area contributed by atoms with Crippen LogP contribution >= 0.6 is 0 Å². The minimum absolute atomic E-state index is 0.0167. The predicted molar refractivity (Wildman–Crippen MR) is 104 cm³/mol. The smallest absolute Gasteiger partial charge is 0.265 e. The molecule has 1 aliphatic rings. The minimum atomic E-state index is -3.95. The number of carbonyl (C=O) groups is 1. The molecule has 0 amide bonds. The van der Waals surface area contributed by atoms with E-state index in [0.29, 0.717) is 11.1 Å². The monoisotopic (exact) mass is 392 g/mol. The molecule has 0 unspecified atom stereocenters. The van der Waals surface area contributed by atoms with Crippen molar-refractivity contribution < 1.29 is 18.3 Å². The largest absolute Gasteiger partial charge is 0.507 e. The number of pyridine rings is 1. The second kappa shape index (κ2) is 6.94. The Morgan fingerprint density at radius 1 is 0.964 bits per heavy atom. The zero-order chi connectivity index (χ0) is 19.7. The summed E-state index contributed by atoms with van der Waals surface area (Å²) in [6, 6.07) is 16.0. The van der Waals surface area contributed by atoms with Crippen LogP contribution in [0.3, 0.4) is 0 Å². The number of fused-ring (bicyclic) bond motifs is 1. The summed E-state index contributed by atoms with van der Waals surface area (Å²) in [5.74, 6) is -0.453. The Hall–Kier alpha value is -3.45. The maximum absolute atomic E-state index is 13.3. The van der Waals surface area contributed by atoms with Crippen LogP contribution in [0.2, 0.25) is 0 Å². The number of nitrogens with zero attached hydrogens (tertiary/aromatic N) is 2. The van der Waals surface area contributed by atoms with Crippen LogP contribution in [-0.2, 0) is 16.6 Å². The molecule has 2 heterocycles. The van der Waals surface area contributed by atoms with E-state index >= 15 is 0 Å². The topological polar surface area (TPSA) is 87.6 Å².